The summed E-state index contributed by atoms with van der Waals surface area (Å²) in [6, 6.07) is 7.27. The fourth-order valence-electron chi connectivity index (χ4n) is 1.63. The van der Waals surface area contributed by atoms with Crippen LogP contribution in [0.5, 0.6) is 0 Å². The predicted octanol–water partition coefficient (Wildman–Crippen LogP) is 2.87. The van der Waals surface area contributed by atoms with Crippen molar-refractivity contribution in [3.05, 3.63) is 41.0 Å². The van der Waals surface area contributed by atoms with E-state index >= 15 is 0 Å². The lowest BCUT2D eigenvalue weighted by molar-refractivity contribution is 0.0954. The molecule has 0 aliphatic carbocycles. The summed E-state index contributed by atoms with van der Waals surface area (Å²) in [6.45, 7) is 2.67. The van der Waals surface area contributed by atoms with Gasteiger partial charge in [0.2, 0.25) is 0 Å². The summed E-state index contributed by atoms with van der Waals surface area (Å²) in [4.78, 5) is 11.9. The zero-order valence-corrected chi connectivity index (χ0v) is 10.8. The van der Waals surface area contributed by atoms with Crippen molar-refractivity contribution < 1.29 is 4.79 Å². The van der Waals surface area contributed by atoms with E-state index in [9.17, 15) is 4.79 Å². The predicted molar refractivity (Wildman–Crippen MR) is 71.7 cm³/mol. The summed E-state index contributed by atoms with van der Waals surface area (Å²) in [5.41, 5.74) is 2.14. The van der Waals surface area contributed by atoms with E-state index in [4.69, 9.17) is 11.6 Å². The molecular weight excluding hydrogens is 250 g/mol. The second-order valence-corrected chi connectivity index (χ2v) is 4.36. The first-order chi connectivity index (χ1) is 8.72. The smallest absolute Gasteiger partial charge is 0.255 e. The largest absolute Gasteiger partial charge is 0.352 e. The summed E-state index contributed by atoms with van der Waals surface area (Å²) >= 11 is 5.84. The number of benzene rings is 1. The Bertz CT molecular complexity index is 533. The molecule has 0 unspecified atom stereocenters. The van der Waals surface area contributed by atoms with Gasteiger partial charge in [0.1, 0.15) is 0 Å². The molecule has 2 aromatic rings. The van der Waals surface area contributed by atoms with Gasteiger partial charge < -0.3 is 5.32 Å². The maximum absolute atomic E-state index is 11.9. The third-order valence-corrected chi connectivity index (χ3v) is 2.80. The number of nitrogens with zero attached hydrogens (tertiary/aromatic N) is 1. The number of amides is 1. The average Bonchev–Trinajstić information content (AvgIpc) is 2.86. The second kappa shape index (κ2) is 5.69. The third-order valence-electron chi connectivity index (χ3n) is 2.55. The molecule has 0 radical (unpaired) electrons. The van der Waals surface area contributed by atoms with E-state index in [2.05, 4.69) is 15.5 Å². The van der Waals surface area contributed by atoms with Gasteiger partial charge in [0.15, 0.2) is 0 Å². The first kappa shape index (κ1) is 12.6. The molecule has 0 fully saturated rings. The van der Waals surface area contributed by atoms with Gasteiger partial charge in [0.25, 0.3) is 5.91 Å². The molecule has 1 heterocycles. The van der Waals surface area contributed by atoms with Gasteiger partial charge in [-0.15, -0.1) is 0 Å². The number of nitrogens with one attached hydrogen (secondary N) is 2. The van der Waals surface area contributed by atoms with Gasteiger partial charge in [-0.2, -0.15) is 5.10 Å². The zero-order chi connectivity index (χ0) is 13.0. The second-order valence-electron chi connectivity index (χ2n) is 3.92. The van der Waals surface area contributed by atoms with Crippen molar-refractivity contribution >= 4 is 17.5 Å². The van der Waals surface area contributed by atoms with Crippen LogP contribution in [0.25, 0.3) is 11.3 Å². The van der Waals surface area contributed by atoms with Gasteiger partial charge in [-0.25, -0.2) is 0 Å². The fourth-order valence-corrected chi connectivity index (χ4v) is 1.75. The minimum atomic E-state index is -0.115. The number of rotatable bonds is 4. The van der Waals surface area contributed by atoms with E-state index in [1.807, 2.05) is 19.1 Å². The molecular formula is C13H14ClN3O. The summed E-state index contributed by atoms with van der Waals surface area (Å²) in [6.07, 6.45) is 2.44. The molecule has 0 saturated heterocycles. The Hall–Kier alpha value is -1.81. The van der Waals surface area contributed by atoms with Gasteiger partial charge in [-0.1, -0.05) is 30.7 Å². The molecule has 2 rings (SSSR count). The van der Waals surface area contributed by atoms with Gasteiger partial charge in [-0.3, -0.25) is 9.89 Å². The first-order valence-corrected chi connectivity index (χ1v) is 6.17. The molecule has 0 saturated carbocycles. The van der Waals surface area contributed by atoms with Crippen molar-refractivity contribution in [2.24, 2.45) is 0 Å². The summed E-state index contributed by atoms with van der Waals surface area (Å²) < 4.78 is 0. The van der Waals surface area contributed by atoms with Crippen molar-refractivity contribution in [3.8, 4) is 11.3 Å². The normalized spacial score (nSPS) is 10.3. The molecule has 0 spiro atoms. The number of hydrogen-bond donors (Lipinski definition) is 2. The van der Waals surface area contributed by atoms with E-state index in [1.54, 1.807) is 12.1 Å². The summed E-state index contributed by atoms with van der Waals surface area (Å²) in [5, 5.41) is 10.3. The molecule has 1 amide bonds. The quantitative estimate of drug-likeness (QED) is 0.891. The van der Waals surface area contributed by atoms with Gasteiger partial charge in [0, 0.05) is 17.1 Å². The van der Waals surface area contributed by atoms with Crippen LogP contribution >= 0.6 is 11.6 Å². The van der Waals surface area contributed by atoms with Crippen LogP contribution in [0.4, 0.5) is 0 Å². The number of hydrogen-bond acceptors (Lipinski definition) is 2. The van der Waals surface area contributed by atoms with Crippen LogP contribution in [0.3, 0.4) is 0 Å². The van der Waals surface area contributed by atoms with Crippen molar-refractivity contribution in [1.29, 1.82) is 0 Å². The minimum absolute atomic E-state index is 0.115. The number of aromatic nitrogens is 2. The van der Waals surface area contributed by atoms with Gasteiger partial charge >= 0.3 is 0 Å². The Balaban J connectivity index is 2.27. The molecule has 0 aliphatic heterocycles. The van der Waals surface area contributed by atoms with E-state index in [-0.39, 0.29) is 5.91 Å². The van der Waals surface area contributed by atoms with Crippen LogP contribution < -0.4 is 5.32 Å². The highest BCUT2D eigenvalue weighted by molar-refractivity contribution is 6.30. The van der Waals surface area contributed by atoms with Crippen molar-refractivity contribution in [1.82, 2.24) is 15.5 Å². The Morgan fingerprint density at radius 3 is 2.78 bits per heavy atom. The molecule has 1 aromatic heterocycles. The lowest BCUT2D eigenvalue weighted by atomic mass is 10.1. The third kappa shape index (κ3) is 2.71. The molecule has 18 heavy (non-hydrogen) atoms. The maximum Gasteiger partial charge on any atom is 0.255 e. The number of carbonyl (C=O) groups is 1. The Morgan fingerprint density at radius 1 is 1.39 bits per heavy atom. The molecule has 4 nitrogen and oxygen atoms in total. The Kier molecular flexibility index (Phi) is 3.99. The minimum Gasteiger partial charge on any atom is -0.352 e. The van der Waals surface area contributed by atoms with E-state index < -0.39 is 0 Å². The van der Waals surface area contributed by atoms with Crippen LogP contribution in [0.2, 0.25) is 5.02 Å². The van der Waals surface area contributed by atoms with E-state index in [0.29, 0.717) is 22.8 Å². The summed E-state index contributed by atoms with van der Waals surface area (Å²) in [5.74, 6) is -0.115. The Labute approximate surface area is 110 Å². The summed E-state index contributed by atoms with van der Waals surface area (Å²) in [7, 11) is 0. The molecule has 0 atom stereocenters. The highest BCUT2D eigenvalue weighted by atomic mass is 35.5. The van der Waals surface area contributed by atoms with E-state index in [1.165, 1.54) is 6.20 Å². The van der Waals surface area contributed by atoms with Crippen molar-refractivity contribution in [2.75, 3.05) is 6.54 Å². The zero-order valence-electron chi connectivity index (χ0n) is 10.0. The number of H-pyrrole nitrogens is 1. The Morgan fingerprint density at radius 2 is 2.11 bits per heavy atom. The molecule has 94 valence electrons. The van der Waals surface area contributed by atoms with Gasteiger partial charge in [0.05, 0.1) is 17.5 Å². The molecule has 2 N–H and O–H groups in total. The average molecular weight is 264 g/mol. The first-order valence-electron chi connectivity index (χ1n) is 5.80. The molecule has 5 heteroatoms. The SMILES string of the molecule is CCCNC(=O)c1cn[nH]c1-c1ccc(Cl)cc1. The number of aromatic amines is 1. The molecule has 0 bridgehead atoms. The monoisotopic (exact) mass is 263 g/mol. The fraction of sp³-hybridized carbons (Fsp3) is 0.231. The van der Waals surface area contributed by atoms with E-state index in [0.717, 1.165) is 12.0 Å². The molecule has 0 aliphatic rings. The lowest BCUT2D eigenvalue weighted by Crippen LogP contribution is -2.24. The highest BCUT2D eigenvalue weighted by Gasteiger charge is 2.14. The lowest BCUT2D eigenvalue weighted by Gasteiger charge is -2.04. The number of halogens is 1. The highest BCUT2D eigenvalue weighted by Crippen LogP contribution is 2.22. The van der Waals surface area contributed by atoms with Crippen LogP contribution in [0, 0.1) is 0 Å². The maximum atomic E-state index is 11.9. The van der Waals surface area contributed by atoms with Crippen LogP contribution in [-0.4, -0.2) is 22.6 Å². The van der Waals surface area contributed by atoms with Crippen LogP contribution in [0.15, 0.2) is 30.5 Å². The topological polar surface area (TPSA) is 57.8 Å². The standard InChI is InChI=1S/C13H14ClN3O/c1-2-7-15-13(18)11-8-16-17-12(11)9-3-5-10(14)6-4-9/h3-6,8H,2,7H2,1H3,(H,15,18)(H,16,17). The van der Waals surface area contributed by atoms with Crippen molar-refractivity contribution in [3.63, 3.8) is 0 Å². The van der Waals surface area contributed by atoms with Crippen molar-refractivity contribution in [2.45, 2.75) is 13.3 Å². The van der Waals surface area contributed by atoms with Gasteiger partial charge in [-0.05, 0) is 18.6 Å². The molecule has 1 aromatic carbocycles. The van der Waals surface area contributed by atoms with Crippen LogP contribution in [0.1, 0.15) is 23.7 Å². The van der Waals surface area contributed by atoms with Crippen LogP contribution in [-0.2, 0) is 0 Å². The number of carbonyl (C=O) groups excluding carboxylic acids is 1.